The maximum absolute atomic E-state index is 14.7. The number of rotatable bonds is 17. The number of amides is 3. The van der Waals surface area contributed by atoms with E-state index in [4.69, 9.17) is 0 Å². The molecule has 1 aromatic rings. The molecule has 3 aliphatic rings. The van der Waals surface area contributed by atoms with Crippen LogP contribution in [0.25, 0.3) is 0 Å². The lowest BCUT2D eigenvalue weighted by atomic mass is 9.74. The molecule has 1 unspecified atom stereocenters. The van der Waals surface area contributed by atoms with Crippen molar-refractivity contribution in [3.63, 3.8) is 0 Å². The van der Waals surface area contributed by atoms with E-state index in [1.165, 1.54) is 18.6 Å². The monoisotopic (exact) mass is 724 g/mol. The smallest absolute Gasteiger partial charge is 0.272 e. The highest BCUT2D eigenvalue weighted by Gasteiger charge is 2.51. The lowest BCUT2D eigenvalue weighted by molar-refractivity contribution is -0.146. The molecule has 12 heteroatoms. The van der Waals surface area contributed by atoms with Crippen molar-refractivity contribution in [3.05, 3.63) is 24.3 Å². The molecule has 1 saturated heterocycles. The molecule has 290 valence electrons. The highest BCUT2D eigenvalue weighted by Crippen LogP contribution is 2.44. The van der Waals surface area contributed by atoms with Gasteiger partial charge in [0.15, 0.2) is 11.6 Å². The van der Waals surface area contributed by atoms with Gasteiger partial charge in [0.1, 0.15) is 11.8 Å². The fourth-order valence-corrected chi connectivity index (χ4v) is 8.48. The van der Waals surface area contributed by atoms with Gasteiger partial charge >= 0.3 is 0 Å². The standard InChI is InChI=1S/C40H64N6O6/c1-8-13-30(36(49)38(51)44-25(4)24(2)3)43-22-33(48)35-28-17-12-16-27(28)23-46(35)39(52)29(40(5,6)7)20-32(47)34(26-14-10-9-11-15-26)45-37(50)31-21-41-18-19-42-31/h18-19,21,24-30,34-36,43,49H,8-17,20,22-23H2,1-7H3,(H,44,51)(H,45,50)/t25-,27-,28-,29+,30-,34-,35-,36?/m0/s1. The Morgan fingerprint density at radius 2 is 1.67 bits per heavy atom. The number of fused-ring (bicyclic) bond motifs is 1. The summed E-state index contributed by atoms with van der Waals surface area (Å²) in [5.74, 6) is -1.75. The minimum absolute atomic E-state index is 0.0283. The normalized spacial score (nSPS) is 23.7. The van der Waals surface area contributed by atoms with E-state index in [2.05, 4.69) is 25.9 Å². The summed E-state index contributed by atoms with van der Waals surface area (Å²) >= 11 is 0. The van der Waals surface area contributed by atoms with Gasteiger partial charge in [-0.3, -0.25) is 29.0 Å². The number of likely N-dealkylation sites (tertiary alicyclic amines) is 1. The van der Waals surface area contributed by atoms with Gasteiger partial charge < -0.3 is 26.0 Å². The zero-order valence-corrected chi connectivity index (χ0v) is 32.5. The summed E-state index contributed by atoms with van der Waals surface area (Å²) < 4.78 is 0. The minimum atomic E-state index is -1.32. The number of ketones is 2. The zero-order valence-electron chi connectivity index (χ0n) is 32.5. The first-order valence-corrected chi connectivity index (χ1v) is 19.8. The summed E-state index contributed by atoms with van der Waals surface area (Å²) in [5.41, 5.74) is -0.461. The molecule has 2 saturated carbocycles. The molecule has 52 heavy (non-hydrogen) atoms. The summed E-state index contributed by atoms with van der Waals surface area (Å²) in [6.07, 6.45) is 11.6. The third-order valence-electron chi connectivity index (χ3n) is 12.0. The number of hydrogen-bond acceptors (Lipinski definition) is 9. The molecule has 0 spiro atoms. The van der Waals surface area contributed by atoms with Gasteiger partial charge in [-0.15, -0.1) is 0 Å². The number of carbonyl (C=O) groups excluding carboxylic acids is 5. The molecule has 12 nitrogen and oxygen atoms in total. The van der Waals surface area contributed by atoms with Crippen molar-refractivity contribution in [3.8, 4) is 0 Å². The van der Waals surface area contributed by atoms with Crippen LogP contribution in [0.1, 0.15) is 130 Å². The zero-order chi connectivity index (χ0) is 38.2. The number of aliphatic hydroxyl groups is 1. The Balaban J connectivity index is 1.52. The van der Waals surface area contributed by atoms with Crippen molar-refractivity contribution < 1.29 is 29.1 Å². The highest BCUT2D eigenvalue weighted by atomic mass is 16.3. The summed E-state index contributed by atoms with van der Waals surface area (Å²) in [7, 11) is 0. The van der Waals surface area contributed by atoms with Crippen molar-refractivity contribution >= 4 is 29.3 Å². The second-order valence-electron chi connectivity index (χ2n) is 17.0. The van der Waals surface area contributed by atoms with Crippen molar-refractivity contribution in [2.75, 3.05) is 13.1 Å². The number of aliphatic hydroxyl groups excluding tert-OH is 1. The average molecular weight is 725 g/mol. The predicted molar refractivity (Wildman–Crippen MR) is 199 cm³/mol. The van der Waals surface area contributed by atoms with Gasteiger partial charge in [0.25, 0.3) is 11.8 Å². The number of Topliss-reactive ketones (excluding diaryl/α,β-unsaturated/α-hetero) is 2. The average Bonchev–Trinajstić information content (AvgIpc) is 3.72. The molecule has 1 aliphatic heterocycles. The molecule has 2 aliphatic carbocycles. The van der Waals surface area contributed by atoms with Crippen LogP contribution in [0.4, 0.5) is 0 Å². The van der Waals surface area contributed by atoms with E-state index in [9.17, 15) is 29.1 Å². The maximum Gasteiger partial charge on any atom is 0.272 e. The third-order valence-corrected chi connectivity index (χ3v) is 12.0. The van der Waals surface area contributed by atoms with E-state index in [-0.39, 0.29) is 65.8 Å². The van der Waals surface area contributed by atoms with Gasteiger partial charge in [-0.1, -0.05) is 73.6 Å². The Hall–Kier alpha value is -3.25. The summed E-state index contributed by atoms with van der Waals surface area (Å²) in [6.45, 7) is 14.1. The number of hydrogen-bond donors (Lipinski definition) is 4. The van der Waals surface area contributed by atoms with Crippen LogP contribution in [0.3, 0.4) is 0 Å². The van der Waals surface area contributed by atoms with Crippen LogP contribution < -0.4 is 16.0 Å². The summed E-state index contributed by atoms with van der Waals surface area (Å²) in [4.78, 5) is 79.2. The van der Waals surface area contributed by atoms with E-state index in [1.54, 1.807) is 4.90 Å². The number of nitrogens with one attached hydrogen (secondary N) is 3. The van der Waals surface area contributed by atoms with Gasteiger partial charge in [-0.2, -0.15) is 0 Å². The van der Waals surface area contributed by atoms with Crippen LogP contribution in [-0.2, 0) is 19.2 Å². The molecule has 4 rings (SSSR count). The molecule has 4 N–H and O–H groups in total. The topological polar surface area (TPSA) is 171 Å². The molecule has 0 radical (unpaired) electrons. The fourth-order valence-electron chi connectivity index (χ4n) is 8.48. The van der Waals surface area contributed by atoms with Crippen molar-refractivity contribution in [1.82, 2.24) is 30.8 Å². The summed E-state index contributed by atoms with van der Waals surface area (Å²) in [5, 5.41) is 20.0. The Bertz CT molecular complexity index is 1380. The Morgan fingerprint density at radius 3 is 2.29 bits per heavy atom. The first-order valence-electron chi connectivity index (χ1n) is 19.8. The predicted octanol–water partition coefficient (Wildman–Crippen LogP) is 4.25. The van der Waals surface area contributed by atoms with Crippen LogP contribution in [0.2, 0.25) is 0 Å². The number of aromatic nitrogens is 2. The quantitative estimate of drug-likeness (QED) is 0.183. The fraction of sp³-hybridized carbons (Fsp3) is 0.775. The van der Waals surface area contributed by atoms with E-state index in [1.807, 2.05) is 48.5 Å². The van der Waals surface area contributed by atoms with E-state index < -0.39 is 47.4 Å². The van der Waals surface area contributed by atoms with Crippen LogP contribution in [-0.4, -0.2) is 92.6 Å². The van der Waals surface area contributed by atoms with Crippen LogP contribution >= 0.6 is 0 Å². The van der Waals surface area contributed by atoms with E-state index in [0.717, 1.165) is 51.4 Å². The van der Waals surface area contributed by atoms with Crippen molar-refractivity contribution in [1.29, 1.82) is 0 Å². The molecular weight excluding hydrogens is 660 g/mol. The van der Waals surface area contributed by atoms with Crippen LogP contribution in [0.5, 0.6) is 0 Å². The molecule has 8 atom stereocenters. The molecule has 2 heterocycles. The van der Waals surface area contributed by atoms with Gasteiger partial charge in [0, 0.05) is 43.4 Å². The molecule has 3 fully saturated rings. The molecule has 1 aromatic heterocycles. The SMILES string of the molecule is CCC[C@H](NCC(=O)[C@@H]1[C@H]2CCC[C@H]2CN1C(=O)[C@@H](CC(=O)[C@@H](NC(=O)c1cnccn1)C1CCCCC1)C(C)(C)C)C(O)C(=O)N[C@@H](C)C(C)C. The van der Waals surface area contributed by atoms with E-state index in [0.29, 0.717) is 19.4 Å². The molecule has 0 aromatic carbocycles. The van der Waals surface area contributed by atoms with Crippen LogP contribution in [0.15, 0.2) is 18.6 Å². The molecular formula is C40H64N6O6. The van der Waals surface area contributed by atoms with Crippen LogP contribution in [0, 0.1) is 35.0 Å². The Labute approximate surface area is 310 Å². The lowest BCUT2D eigenvalue weighted by Crippen LogP contribution is -2.55. The van der Waals surface area contributed by atoms with Gasteiger partial charge in [-0.05, 0) is 68.1 Å². The molecule has 3 amide bonds. The second kappa shape index (κ2) is 18.7. The Kier molecular flexibility index (Phi) is 14.9. The lowest BCUT2D eigenvalue weighted by Gasteiger charge is -2.37. The largest absolute Gasteiger partial charge is 0.382 e. The van der Waals surface area contributed by atoms with E-state index >= 15 is 0 Å². The number of carbonyl (C=O) groups is 5. The maximum atomic E-state index is 14.7. The van der Waals surface area contributed by atoms with Crippen molar-refractivity contribution in [2.24, 2.45) is 35.0 Å². The third kappa shape index (κ3) is 10.5. The van der Waals surface area contributed by atoms with Gasteiger partial charge in [-0.25, -0.2) is 4.98 Å². The van der Waals surface area contributed by atoms with Crippen molar-refractivity contribution in [2.45, 2.75) is 149 Å². The summed E-state index contributed by atoms with van der Waals surface area (Å²) in [6, 6.07) is -2.13. The molecule has 0 bridgehead atoms. The Morgan fingerprint density at radius 1 is 0.962 bits per heavy atom. The minimum Gasteiger partial charge on any atom is -0.382 e. The first kappa shape index (κ1) is 41.5. The highest BCUT2D eigenvalue weighted by molar-refractivity contribution is 5.98. The number of nitrogens with zero attached hydrogens (tertiary/aromatic N) is 3. The van der Waals surface area contributed by atoms with Gasteiger partial charge in [0.2, 0.25) is 5.91 Å². The second-order valence-corrected chi connectivity index (χ2v) is 17.0. The van der Waals surface area contributed by atoms with Gasteiger partial charge in [0.05, 0.1) is 24.8 Å². The first-order chi connectivity index (χ1) is 24.6.